The first-order chi connectivity index (χ1) is 12.5. The Labute approximate surface area is 165 Å². The second kappa shape index (κ2) is 5.65. The molecule has 6 heteroatoms. The molecule has 0 radical (unpaired) electrons. The molecule has 1 heterocycles. The highest BCUT2D eigenvalue weighted by Crippen LogP contribution is 2.65. The van der Waals surface area contributed by atoms with E-state index in [1.54, 1.807) is 6.92 Å². The maximum absolute atomic E-state index is 13.0. The number of halogens is 1. The van der Waals surface area contributed by atoms with Gasteiger partial charge in [0.05, 0.1) is 11.8 Å². The van der Waals surface area contributed by atoms with Gasteiger partial charge in [0.2, 0.25) is 17.7 Å². The molecular formula is C20H19IN2O3. The summed E-state index contributed by atoms with van der Waals surface area (Å²) in [5.41, 5.74) is 0.668. The highest BCUT2D eigenvalue weighted by molar-refractivity contribution is 14.1. The minimum absolute atomic E-state index is 0.157. The second-order valence-corrected chi connectivity index (χ2v) is 9.12. The number of hydrogen-bond acceptors (Lipinski definition) is 3. The summed E-state index contributed by atoms with van der Waals surface area (Å²) in [5.74, 6) is 0.357. The van der Waals surface area contributed by atoms with E-state index in [1.807, 2.05) is 24.3 Å². The average molecular weight is 462 g/mol. The Morgan fingerprint density at radius 1 is 1.08 bits per heavy atom. The van der Waals surface area contributed by atoms with E-state index < -0.39 is 6.04 Å². The minimum atomic E-state index is -0.796. The molecule has 3 amide bonds. The molecule has 3 fully saturated rings. The van der Waals surface area contributed by atoms with Crippen LogP contribution in [0.5, 0.6) is 0 Å². The Balaban J connectivity index is 1.37. The molecule has 0 spiro atoms. The first kappa shape index (κ1) is 16.5. The van der Waals surface area contributed by atoms with Crippen molar-refractivity contribution in [2.45, 2.75) is 19.4 Å². The number of carbonyl (C=O) groups excluding carboxylic acids is 3. The maximum atomic E-state index is 13.0. The van der Waals surface area contributed by atoms with Crippen LogP contribution < -0.4 is 5.32 Å². The summed E-state index contributed by atoms with van der Waals surface area (Å²) in [4.78, 5) is 40.0. The van der Waals surface area contributed by atoms with Gasteiger partial charge in [-0.05, 0) is 83.9 Å². The topological polar surface area (TPSA) is 66.5 Å². The zero-order valence-electron chi connectivity index (χ0n) is 14.3. The van der Waals surface area contributed by atoms with Crippen molar-refractivity contribution < 1.29 is 14.4 Å². The predicted octanol–water partition coefficient (Wildman–Crippen LogP) is 2.67. The van der Waals surface area contributed by atoms with E-state index in [2.05, 4.69) is 40.1 Å². The van der Waals surface area contributed by atoms with E-state index in [1.165, 1.54) is 4.90 Å². The Morgan fingerprint density at radius 2 is 1.62 bits per heavy atom. The van der Waals surface area contributed by atoms with Crippen molar-refractivity contribution in [2.24, 2.45) is 35.5 Å². The van der Waals surface area contributed by atoms with Gasteiger partial charge in [0.25, 0.3) is 0 Å². The number of likely N-dealkylation sites (tertiary alicyclic amines) is 1. The molecule has 5 aliphatic rings. The Morgan fingerprint density at radius 3 is 2.15 bits per heavy atom. The molecule has 26 heavy (non-hydrogen) atoms. The van der Waals surface area contributed by atoms with Gasteiger partial charge >= 0.3 is 0 Å². The standard InChI is InChI=1S/C20H19IN2O3/c1-9(18(24)22-11-4-2-10(21)3-5-11)23-19(25)16-12-6-7-13(15-8-14(12)15)17(16)20(23)26/h2-7,9,12-17H,8H2,1H3,(H,22,24)/t9-,12-,13-,14-,15+,16+,17+/m1/s1. The third-order valence-corrected chi connectivity index (χ3v) is 7.29. The fraction of sp³-hybridized carbons (Fsp3) is 0.450. The third-order valence-electron chi connectivity index (χ3n) is 6.58. The fourth-order valence-electron chi connectivity index (χ4n) is 5.26. The maximum Gasteiger partial charge on any atom is 0.247 e. The number of hydrogen-bond donors (Lipinski definition) is 1. The van der Waals surface area contributed by atoms with Gasteiger partial charge in [0.1, 0.15) is 6.04 Å². The van der Waals surface area contributed by atoms with E-state index in [0.29, 0.717) is 17.5 Å². The van der Waals surface area contributed by atoms with Gasteiger partial charge in [-0.1, -0.05) is 12.2 Å². The van der Waals surface area contributed by atoms with Crippen LogP contribution >= 0.6 is 22.6 Å². The lowest BCUT2D eigenvalue weighted by Gasteiger charge is -2.37. The number of nitrogens with one attached hydrogen (secondary N) is 1. The number of nitrogens with zero attached hydrogens (tertiary/aromatic N) is 1. The minimum Gasteiger partial charge on any atom is -0.324 e. The summed E-state index contributed by atoms with van der Waals surface area (Å²) in [5, 5.41) is 2.82. The van der Waals surface area contributed by atoms with Crippen molar-refractivity contribution >= 4 is 46.0 Å². The summed E-state index contributed by atoms with van der Waals surface area (Å²) >= 11 is 2.20. The van der Waals surface area contributed by atoms with Crippen LogP contribution in [0.25, 0.3) is 0 Å². The number of rotatable bonds is 3. The molecule has 1 aromatic carbocycles. The lowest BCUT2D eigenvalue weighted by molar-refractivity contribution is -0.146. The van der Waals surface area contributed by atoms with Crippen molar-refractivity contribution in [1.82, 2.24) is 4.90 Å². The largest absolute Gasteiger partial charge is 0.324 e. The molecule has 1 N–H and O–H groups in total. The summed E-state index contributed by atoms with van der Waals surface area (Å²) < 4.78 is 1.07. The van der Waals surface area contributed by atoms with E-state index >= 15 is 0 Å². The summed E-state index contributed by atoms with van der Waals surface area (Å²) in [6, 6.07) is 6.64. The van der Waals surface area contributed by atoms with Crippen LogP contribution in [-0.4, -0.2) is 28.7 Å². The lowest BCUT2D eigenvalue weighted by atomic mass is 9.63. The quantitative estimate of drug-likeness (QED) is 0.427. The molecular weight excluding hydrogens is 443 g/mol. The van der Waals surface area contributed by atoms with Gasteiger partial charge in [0.15, 0.2) is 0 Å². The highest BCUT2D eigenvalue weighted by Gasteiger charge is 2.67. The third kappa shape index (κ3) is 2.23. The lowest BCUT2D eigenvalue weighted by Crippen LogP contribution is -2.46. The SMILES string of the molecule is C[C@H](C(=O)Nc1ccc(I)cc1)N1C(=O)[C@H]2[C@@H]3C=C[C@H]([C@@H]4C[C@H]34)[C@@H]2C1=O. The molecule has 1 aliphatic heterocycles. The highest BCUT2D eigenvalue weighted by atomic mass is 127. The molecule has 1 aromatic rings. The first-order valence-corrected chi connectivity index (χ1v) is 10.2. The van der Waals surface area contributed by atoms with Gasteiger partial charge in [-0.25, -0.2) is 0 Å². The van der Waals surface area contributed by atoms with E-state index in [9.17, 15) is 14.4 Å². The summed E-state index contributed by atoms with van der Waals surface area (Å²) in [7, 11) is 0. The van der Waals surface area contributed by atoms with Gasteiger partial charge in [-0.15, -0.1) is 0 Å². The number of amides is 3. The van der Waals surface area contributed by atoms with E-state index in [4.69, 9.17) is 0 Å². The van der Waals surface area contributed by atoms with Crippen LogP contribution in [0.1, 0.15) is 13.3 Å². The van der Waals surface area contributed by atoms with Crippen LogP contribution in [0, 0.1) is 39.1 Å². The van der Waals surface area contributed by atoms with Crippen LogP contribution in [0.15, 0.2) is 36.4 Å². The number of imide groups is 1. The zero-order valence-corrected chi connectivity index (χ0v) is 16.4. The monoisotopic (exact) mass is 462 g/mol. The molecule has 4 aliphatic carbocycles. The van der Waals surface area contributed by atoms with Gasteiger partial charge in [-0.3, -0.25) is 19.3 Å². The molecule has 1 saturated heterocycles. The summed E-state index contributed by atoms with van der Waals surface area (Å²) in [6.07, 6.45) is 5.43. The molecule has 0 unspecified atom stereocenters. The number of carbonyl (C=O) groups is 3. The smallest absolute Gasteiger partial charge is 0.247 e. The van der Waals surface area contributed by atoms with E-state index in [0.717, 1.165) is 9.99 Å². The van der Waals surface area contributed by atoms with Crippen molar-refractivity contribution in [1.29, 1.82) is 0 Å². The Bertz CT molecular complexity index is 813. The first-order valence-electron chi connectivity index (χ1n) is 9.09. The average Bonchev–Trinajstić information content (AvgIpc) is 3.41. The molecule has 7 atom stereocenters. The van der Waals surface area contributed by atoms with Crippen molar-refractivity contribution in [3.8, 4) is 0 Å². The van der Waals surface area contributed by atoms with Gasteiger partial charge in [0, 0.05) is 9.26 Å². The van der Waals surface area contributed by atoms with Crippen LogP contribution in [0.4, 0.5) is 5.69 Å². The van der Waals surface area contributed by atoms with Crippen molar-refractivity contribution in [3.05, 3.63) is 40.0 Å². The molecule has 2 saturated carbocycles. The predicted molar refractivity (Wildman–Crippen MR) is 104 cm³/mol. The molecule has 5 nitrogen and oxygen atoms in total. The summed E-state index contributed by atoms with van der Waals surface area (Å²) in [6.45, 7) is 1.64. The van der Waals surface area contributed by atoms with Crippen molar-refractivity contribution in [2.75, 3.05) is 5.32 Å². The zero-order chi connectivity index (χ0) is 18.2. The normalized spacial score (nSPS) is 37.4. The number of allylic oxidation sites excluding steroid dienone is 2. The molecule has 0 aromatic heterocycles. The second-order valence-electron chi connectivity index (χ2n) is 7.87. The van der Waals surface area contributed by atoms with Crippen molar-refractivity contribution in [3.63, 3.8) is 0 Å². The number of anilines is 1. The number of benzene rings is 1. The van der Waals surface area contributed by atoms with Gasteiger partial charge in [-0.2, -0.15) is 0 Å². The molecule has 6 rings (SSSR count). The molecule has 134 valence electrons. The van der Waals surface area contributed by atoms with Crippen LogP contribution in [-0.2, 0) is 14.4 Å². The van der Waals surface area contributed by atoms with Crippen LogP contribution in [0.2, 0.25) is 0 Å². The molecule has 2 bridgehead atoms. The van der Waals surface area contributed by atoms with E-state index in [-0.39, 0.29) is 41.4 Å². The Kier molecular flexibility index (Phi) is 3.58. The van der Waals surface area contributed by atoms with Crippen LogP contribution in [0.3, 0.4) is 0 Å². The Hall–Kier alpha value is -1.70. The van der Waals surface area contributed by atoms with Gasteiger partial charge < -0.3 is 5.32 Å². The fourth-order valence-corrected chi connectivity index (χ4v) is 5.62.